The highest BCUT2D eigenvalue weighted by Gasteiger charge is 2.34. The van der Waals surface area contributed by atoms with Crippen molar-refractivity contribution < 1.29 is 30.8 Å². The maximum atomic E-state index is 13.8. The molecule has 0 radical (unpaired) electrons. The number of ketones is 1. The molecule has 0 bridgehead atoms. The number of hydrogen-bond donors (Lipinski definition) is 0. The number of rotatable bonds is 3. The zero-order chi connectivity index (χ0) is 16.7. The SMILES string of the molecule is O=C(c1ccccc1)c1c(F)c(F)c(S(=O)(=O)Cl)c(F)c1F. The molecular formula is C13H5ClF4O3S. The fraction of sp³-hybridized carbons (Fsp3) is 0. The van der Waals surface area contributed by atoms with Gasteiger partial charge in [0.1, 0.15) is 5.56 Å². The van der Waals surface area contributed by atoms with E-state index >= 15 is 0 Å². The van der Waals surface area contributed by atoms with Crippen molar-refractivity contribution in [3.63, 3.8) is 0 Å². The predicted octanol–water partition coefficient (Wildman–Crippen LogP) is 3.40. The van der Waals surface area contributed by atoms with Crippen molar-refractivity contribution >= 4 is 25.5 Å². The van der Waals surface area contributed by atoms with Crippen molar-refractivity contribution in [3.8, 4) is 0 Å². The summed E-state index contributed by atoms with van der Waals surface area (Å²) < 4.78 is 77.0. The summed E-state index contributed by atoms with van der Waals surface area (Å²) in [4.78, 5) is 9.98. The lowest BCUT2D eigenvalue weighted by Crippen LogP contribution is -2.15. The fourth-order valence-corrected chi connectivity index (χ4v) is 2.77. The topological polar surface area (TPSA) is 51.2 Å². The third-order valence-corrected chi connectivity index (χ3v) is 4.04. The first-order valence-electron chi connectivity index (χ1n) is 5.56. The minimum Gasteiger partial charge on any atom is -0.288 e. The second-order valence-electron chi connectivity index (χ2n) is 4.09. The Morgan fingerprint density at radius 3 is 1.73 bits per heavy atom. The molecule has 0 aromatic heterocycles. The van der Waals surface area contributed by atoms with Crippen LogP contribution in [-0.4, -0.2) is 14.2 Å². The Labute approximate surface area is 126 Å². The first-order chi connectivity index (χ1) is 10.2. The Hall–Kier alpha value is -1.93. The van der Waals surface area contributed by atoms with Crippen LogP contribution in [0.25, 0.3) is 0 Å². The van der Waals surface area contributed by atoms with Gasteiger partial charge >= 0.3 is 0 Å². The largest absolute Gasteiger partial charge is 0.288 e. The summed E-state index contributed by atoms with van der Waals surface area (Å²) in [5, 5.41) is 0. The molecule has 2 aromatic rings. The lowest BCUT2D eigenvalue weighted by Gasteiger charge is -2.09. The van der Waals surface area contributed by atoms with Gasteiger partial charge < -0.3 is 0 Å². The lowest BCUT2D eigenvalue weighted by molar-refractivity contribution is 0.102. The highest BCUT2D eigenvalue weighted by molar-refractivity contribution is 8.13. The Morgan fingerprint density at radius 2 is 1.32 bits per heavy atom. The molecule has 0 amide bonds. The summed E-state index contributed by atoms with van der Waals surface area (Å²) in [7, 11) is -0.349. The third-order valence-electron chi connectivity index (χ3n) is 2.73. The van der Waals surface area contributed by atoms with E-state index in [2.05, 4.69) is 0 Å². The van der Waals surface area contributed by atoms with E-state index in [1.165, 1.54) is 30.3 Å². The minimum absolute atomic E-state index is 0.236. The molecule has 0 aliphatic carbocycles. The molecule has 22 heavy (non-hydrogen) atoms. The molecule has 3 nitrogen and oxygen atoms in total. The smallest absolute Gasteiger partial charge is 0.267 e. The molecule has 0 N–H and O–H groups in total. The molecule has 0 fully saturated rings. The van der Waals surface area contributed by atoms with Gasteiger partial charge in [-0.1, -0.05) is 30.3 Å². The normalized spacial score (nSPS) is 11.5. The maximum absolute atomic E-state index is 13.8. The van der Waals surface area contributed by atoms with Gasteiger partial charge in [0, 0.05) is 16.2 Å². The third kappa shape index (κ3) is 2.71. The summed E-state index contributed by atoms with van der Waals surface area (Å²) in [6.07, 6.45) is 0. The molecule has 0 heterocycles. The van der Waals surface area contributed by atoms with Gasteiger partial charge in [0.05, 0.1) is 0 Å². The molecule has 0 spiro atoms. The van der Waals surface area contributed by atoms with Gasteiger partial charge in [-0.25, -0.2) is 26.0 Å². The Balaban J connectivity index is 2.78. The van der Waals surface area contributed by atoms with Crippen molar-refractivity contribution in [2.24, 2.45) is 0 Å². The molecule has 0 aliphatic rings. The van der Waals surface area contributed by atoms with Gasteiger partial charge in [0.25, 0.3) is 9.05 Å². The van der Waals surface area contributed by atoms with E-state index in [0.717, 1.165) is 0 Å². The van der Waals surface area contributed by atoms with E-state index in [4.69, 9.17) is 10.7 Å². The summed E-state index contributed by atoms with van der Waals surface area (Å²) in [6, 6.07) is 6.58. The Kier molecular flexibility index (Phi) is 4.25. The van der Waals surface area contributed by atoms with E-state index in [1.807, 2.05) is 0 Å². The van der Waals surface area contributed by atoms with Crippen LogP contribution in [0.5, 0.6) is 0 Å². The molecule has 2 aromatic carbocycles. The standard InChI is InChI=1S/C13H5ClF4O3S/c14-22(20,21)13-10(17)8(15)7(9(16)11(13)18)12(19)6-4-2-1-3-5-6/h1-5H. The summed E-state index contributed by atoms with van der Waals surface area (Å²) in [5.41, 5.74) is -1.77. The second-order valence-corrected chi connectivity index (χ2v) is 6.60. The molecule has 0 saturated carbocycles. The molecule has 9 heteroatoms. The van der Waals surface area contributed by atoms with Crippen LogP contribution >= 0.6 is 10.7 Å². The number of carbonyl (C=O) groups is 1. The van der Waals surface area contributed by atoms with E-state index in [-0.39, 0.29) is 5.56 Å². The molecule has 0 atom stereocenters. The number of hydrogen-bond acceptors (Lipinski definition) is 3. The van der Waals surface area contributed by atoms with Crippen molar-refractivity contribution in [2.45, 2.75) is 4.90 Å². The van der Waals surface area contributed by atoms with E-state index in [0.29, 0.717) is 0 Å². The zero-order valence-electron chi connectivity index (χ0n) is 10.4. The molecular weight excluding hydrogens is 348 g/mol. The minimum atomic E-state index is -5.09. The molecule has 0 aliphatic heterocycles. The highest BCUT2D eigenvalue weighted by Crippen LogP contribution is 2.30. The number of halogens is 5. The van der Waals surface area contributed by atoms with Crippen molar-refractivity contribution in [1.82, 2.24) is 0 Å². The van der Waals surface area contributed by atoms with Crippen LogP contribution in [0.15, 0.2) is 35.2 Å². The Morgan fingerprint density at radius 1 is 0.864 bits per heavy atom. The highest BCUT2D eigenvalue weighted by atomic mass is 35.7. The quantitative estimate of drug-likeness (QED) is 0.368. The van der Waals surface area contributed by atoms with Gasteiger partial charge in [-0.3, -0.25) is 4.79 Å². The summed E-state index contributed by atoms with van der Waals surface area (Å²) in [6.45, 7) is 0. The molecule has 116 valence electrons. The van der Waals surface area contributed by atoms with Gasteiger partial charge in [-0.2, -0.15) is 0 Å². The first kappa shape index (κ1) is 16.4. The van der Waals surface area contributed by atoms with Crippen LogP contribution in [0.1, 0.15) is 15.9 Å². The van der Waals surface area contributed by atoms with Crippen molar-refractivity contribution in [2.75, 3.05) is 0 Å². The fourth-order valence-electron chi connectivity index (χ4n) is 1.76. The molecule has 0 unspecified atom stereocenters. The monoisotopic (exact) mass is 352 g/mol. The Bertz CT molecular complexity index is 838. The van der Waals surface area contributed by atoms with Crippen LogP contribution in [0, 0.1) is 23.3 Å². The van der Waals surface area contributed by atoms with E-state index in [9.17, 15) is 30.8 Å². The van der Waals surface area contributed by atoms with Crippen LogP contribution in [0.3, 0.4) is 0 Å². The van der Waals surface area contributed by atoms with Crippen molar-refractivity contribution in [1.29, 1.82) is 0 Å². The van der Waals surface area contributed by atoms with Gasteiger partial charge in [-0.05, 0) is 0 Å². The lowest BCUT2D eigenvalue weighted by atomic mass is 10.0. The summed E-state index contributed by atoms with van der Waals surface area (Å²) in [5.74, 6) is -10.1. The van der Waals surface area contributed by atoms with E-state index in [1.54, 1.807) is 0 Å². The average molecular weight is 353 g/mol. The average Bonchev–Trinajstić information content (AvgIpc) is 2.45. The van der Waals surface area contributed by atoms with Crippen molar-refractivity contribution in [3.05, 3.63) is 64.7 Å². The number of benzene rings is 2. The maximum Gasteiger partial charge on any atom is 0.267 e. The van der Waals surface area contributed by atoms with Crippen LogP contribution in [0.2, 0.25) is 0 Å². The zero-order valence-corrected chi connectivity index (χ0v) is 12.0. The number of carbonyl (C=O) groups excluding carboxylic acids is 1. The van der Waals surface area contributed by atoms with Gasteiger partial charge in [-0.15, -0.1) is 0 Å². The van der Waals surface area contributed by atoms with Gasteiger partial charge in [0.2, 0.25) is 0 Å². The van der Waals surface area contributed by atoms with Crippen LogP contribution in [-0.2, 0) is 9.05 Å². The predicted molar refractivity (Wildman–Crippen MR) is 69.2 cm³/mol. The molecule has 0 saturated heterocycles. The van der Waals surface area contributed by atoms with Gasteiger partial charge in [0.15, 0.2) is 33.9 Å². The first-order valence-corrected chi connectivity index (χ1v) is 7.87. The summed E-state index contributed by atoms with van der Waals surface area (Å²) >= 11 is 0. The second kappa shape index (κ2) is 5.69. The van der Waals surface area contributed by atoms with Crippen LogP contribution in [0.4, 0.5) is 17.6 Å². The van der Waals surface area contributed by atoms with E-state index < -0.39 is 48.6 Å². The molecule has 2 rings (SSSR count). The van der Waals surface area contributed by atoms with Crippen LogP contribution < -0.4 is 0 Å².